The number of rotatable bonds is 16. The van der Waals surface area contributed by atoms with Crippen LogP contribution < -0.4 is 0 Å². The van der Waals surface area contributed by atoms with Crippen LogP contribution in [0.15, 0.2) is 86.2 Å². The third-order valence-corrected chi connectivity index (χ3v) is 9.43. The van der Waals surface area contributed by atoms with Gasteiger partial charge in [0, 0.05) is 72.1 Å². The van der Waals surface area contributed by atoms with Crippen molar-refractivity contribution in [2.75, 3.05) is 0 Å². The van der Waals surface area contributed by atoms with Crippen LogP contribution in [0.5, 0.6) is 0 Å². The van der Waals surface area contributed by atoms with Gasteiger partial charge in [0.15, 0.2) is 5.78 Å². The summed E-state index contributed by atoms with van der Waals surface area (Å²) in [6.07, 6.45) is 17.9. The number of nitrogens with zero attached hydrogens (tertiary/aromatic N) is 8. The van der Waals surface area contributed by atoms with Crippen molar-refractivity contribution >= 4 is 40.4 Å². The van der Waals surface area contributed by atoms with Gasteiger partial charge < -0.3 is 20.8 Å². The molecule has 0 aliphatic carbocycles. The van der Waals surface area contributed by atoms with Gasteiger partial charge in [-0.05, 0) is 72.1 Å². The first-order chi connectivity index (χ1) is 25.2. The molecule has 0 spiro atoms. The number of H-pyrrole nitrogens is 2. The Morgan fingerprint density at radius 2 is 1.04 bits per heavy atom. The topological polar surface area (TPSA) is 199 Å². The fourth-order valence-corrected chi connectivity index (χ4v) is 6.51. The summed E-state index contributed by atoms with van der Waals surface area (Å²) in [5.74, 6) is -1.97. The number of pyridine rings is 2. The van der Waals surface area contributed by atoms with Crippen LogP contribution in [-0.2, 0) is 17.6 Å². The normalized spacial score (nSPS) is 13.6. The van der Waals surface area contributed by atoms with Gasteiger partial charge in [-0.15, -0.1) is 0 Å². The summed E-state index contributed by atoms with van der Waals surface area (Å²) in [6.45, 7) is 3.92. The van der Waals surface area contributed by atoms with Crippen molar-refractivity contribution in [3.05, 3.63) is 120 Å². The highest BCUT2D eigenvalue weighted by Gasteiger charge is 2.39. The predicted octanol–water partition coefficient (Wildman–Crippen LogP) is 7.16. The van der Waals surface area contributed by atoms with Crippen LogP contribution in [0, 0.1) is 22.7 Å². The van der Waals surface area contributed by atoms with E-state index < -0.39 is 23.7 Å². The van der Waals surface area contributed by atoms with Crippen molar-refractivity contribution < 1.29 is 4.79 Å². The second-order valence-corrected chi connectivity index (χ2v) is 13.0. The van der Waals surface area contributed by atoms with Gasteiger partial charge in [-0.2, -0.15) is 0 Å². The zero-order chi connectivity index (χ0) is 36.6. The molecule has 2 unspecified atom stereocenters. The third kappa shape index (κ3) is 8.32. The molecular formula is C37H36Cl2N12O. The number of carbonyl (C=O) groups is 1. The summed E-state index contributed by atoms with van der Waals surface area (Å²) in [7, 11) is 0. The lowest BCUT2D eigenvalue weighted by molar-refractivity contribution is -0.123. The highest BCUT2D eigenvalue weighted by molar-refractivity contribution is 6.28. The molecule has 0 radical (unpaired) electrons. The first-order valence-electron chi connectivity index (χ1n) is 16.8. The van der Waals surface area contributed by atoms with Gasteiger partial charge in [0.1, 0.15) is 11.6 Å². The number of imidazole rings is 2. The van der Waals surface area contributed by atoms with E-state index in [2.05, 4.69) is 49.8 Å². The van der Waals surface area contributed by atoms with E-state index in [-0.39, 0.29) is 40.6 Å². The van der Waals surface area contributed by atoms with Crippen LogP contribution in [0.4, 0.5) is 0 Å². The molecule has 52 heavy (non-hydrogen) atoms. The molecule has 0 aliphatic rings. The Kier molecular flexibility index (Phi) is 11.6. The maximum Gasteiger partial charge on any atom is 0.222 e. The van der Waals surface area contributed by atoms with Crippen molar-refractivity contribution in [2.45, 2.75) is 51.4 Å². The molecule has 0 saturated heterocycles. The summed E-state index contributed by atoms with van der Waals surface area (Å²) in [5, 5.41) is 19.5. The molecule has 0 aromatic carbocycles. The molecule has 6 aromatic heterocycles. The van der Waals surface area contributed by atoms with Gasteiger partial charge in [-0.3, -0.25) is 14.8 Å². The lowest BCUT2D eigenvalue weighted by Gasteiger charge is -2.29. The molecule has 0 bridgehead atoms. The van der Waals surface area contributed by atoms with Crippen molar-refractivity contribution in [1.82, 2.24) is 49.8 Å². The molecule has 4 atom stereocenters. The van der Waals surface area contributed by atoms with Crippen LogP contribution >= 0.6 is 23.2 Å². The Balaban J connectivity index is 1.36. The minimum atomic E-state index is -0.889. The molecule has 6 heterocycles. The second kappa shape index (κ2) is 16.7. The number of aromatic amines is 2. The van der Waals surface area contributed by atoms with E-state index in [4.69, 9.17) is 23.2 Å². The molecule has 0 saturated carbocycles. The molecule has 0 fully saturated rings. The summed E-state index contributed by atoms with van der Waals surface area (Å²) in [4.78, 5) is 55.9. The van der Waals surface area contributed by atoms with Crippen LogP contribution in [0.3, 0.4) is 0 Å². The second-order valence-electron chi connectivity index (χ2n) is 12.3. The Bertz CT molecular complexity index is 1970. The number of hydrogen-bond acceptors (Lipinski definition) is 11. The fraction of sp³-hybridized carbons (Fsp3) is 0.270. The first kappa shape index (κ1) is 36.3. The third-order valence-electron chi connectivity index (χ3n) is 9.04. The highest BCUT2D eigenvalue weighted by atomic mass is 35.5. The van der Waals surface area contributed by atoms with Crippen molar-refractivity contribution in [1.29, 1.82) is 10.8 Å². The van der Waals surface area contributed by atoms with E-state index >= 15 is 4.79 Å². The van der Waals surface area contributed by atoms with Crippen LogP contribution in [-0.4, -0.2) is 67.0 Å². The minimum Gasteiger partial charge on any atom is -0.341 e. The SMILES string of the molecule is CCC(C(=N)[C@H](Cc1cccnc1)C(=O)[C@@H](Cc1cccnc1)C(=N)C(CC)c1ncc(-c2cnc(Cl)nc2)[nH]1)c1ncc(-c2cnc(Cl)nc2)[nH]1. The van der Waals surface area contributed by atoms with Crippen molar-refractivity contribution in [2.24, 2.45) is 11.8 Å². The Morgan fingerprint density at radius 1 is 0.635 bits per heavy atom. The number of hydrogen-bond donors (Lipinski definition) is 4. The van der Waals surface area contributed by atoms with Crippen molar-refractivity contribution in [3.63, 3.8) is 0 Å². The number of ketones is 1. The zero-order valence-corrected chi connectivity index (χ0v) is 30.0. The Hall–Kier alpha value is -5.53. The number of Topliss-reactive ketones (excluding diaryl/α,β-unsaturated/α-hetero) is 1. The molecule has 15 heteroatoms. The number of nitrogens with one attached hydrogen (secondary N) is 4. The summed E-state index contributed by atoms with van der Waals surface area (Å²) < 4.78 is 0. The Labute approximate surface area is 310 Å². The van der Waals surface area contributed by atoms with Gasteiger partial charge >= 0.3 is 0 Å². The monoisotopic (exact) mass is 734 g/mol. The minimum absolute atomic E-state index is 0.133. The summed E-state index contributed by atoms with van der Waals surface area (Å²) in [6, 6.07) is 7.42. The number of carbonyl (C=O) groups excluding carboxylic acids is 1. The molecular weight excluding hydrogens is 699 g/mol. The zero-order valence-electron chi connectivity index (χ0n) is 28.5. The standard InChI is InChI=1S/C37H36Cl2N12O/c1-3-25(34-44-19-29(50-34)23-15-46-36(38)47-16-23)31(40)27(11-21-7-5-9-42-13-21)33(52)28(12-22-8-6-10-43-14-22)32(41)26(4-2)35-45-20-30(51-35)24-17-48-37(39)49-18-24/h5-10,13-20,25-28,40-41H,3-4,11-12H2,1-2H3,(H,44,50)(H,45,51)/t25?,26?,27-,28-/m0/s1. The fourth-order valence-electron chi connectivity index (χ4n) is 6.31. The van der Waals surface area contributed by atoms with E-state index in [1.54, 1.807) is 62.0 Å². The van der Waals surface area contributed by atoms with E-state index in [1.165, 1.54) is 0 Å². The maximum atomic E-state index is 15.1. The molecule has 6 rings (SSSR count). The van der Waals surface area contributed by atoms with E-state index in [0.717, 1.165) is 11.1 Å². The largest absolute Gasteiger partial charge is 0.341 e. The summed E-state index contributed by atoms with van der Waals surface area (Å²) in [5.41, 5.74) is 4.71. The van der Waals surface area contributed by atoms with Gasteiger partial charge in [0.25, 0.3) is 0 Å². The molecule has 6 aromatic rings. The van der Waals surface area contributed by atoms with Gasteiger partial charge in [0.2, 0.25) is 10.6 Å². The molecule has 13 nitrogen and oxygen atoms in total. The quantitative estimate of drug-likeness (QED) is 0.0588. The van der Waals surface area contributed by atoms with Gasteiger partial charge in [0.05, 0.1) is 47.5 Å². The Morgan fingerprint density at radius 3 is 1.38 bits per heavy atom. The molecule has 0 amide bonds. The van der Waals surface area contributed by atoms with E-state index in [9.17, 15) is 10.8 Å². The maximum absolute atomic E-state index is 15.1. The summed E-state index contributed by atoms with van der Waals surface area (Å²) >= 11 is 11.8. The predicted molar refractivity (Wildman–Crippen MR) is 199 cm³/mol. The average Bonchev–Trinajstić information content (AvgIpc) is 3.86. The lowest BCUT2D eigenvalue weighted by atomic mass is 9.74. The molecule has 264 valence electrons. The first-order valence-corrected chi connectivity index (χ1v) is 17.5. The molecule has 4 N–H and O–H groups in total. The van der Waals surface area contributed by atoms with E-state index in [0.29, 0.717) is 47.0 Å². The van der Waals surface area contributed by atoms with Crippen LogP contribution in [0.1, 0.15) is 61.3 Å². The number of aromatic nitrogens is 10. The van der Waals surface area contributed by atoms with Crippen LogP contribution in [0.25, 0.3) is 22.5 Å². The number of halogens is 2. The van der Waals surface area contributed by atoms with Crippen LogP contribution in [0.2, 0.25) is 10.6 Å². The van der Waals surface area contributed by atoms with Gasteiger partial charge in [-0.1, -0.05) is 26.0 Å². The molecule has 0 aliphatic heterocycles. The average molecular weight is 736 g/mol. The lowest BCUT2D eigenvalue weighted by Crippen LogP contribution is -2.40. The van der Waals surface area contributed by atoms with Gasteiger partial charge in [-0.25, -0.2) is 29.9 Å². The highest BCUT2D eigenvalue weighted by Crippen LogP contribution is 2.32. The van der Waals surface area contributed by atoms with E-state index in [1.807, 2.05) is 38.1 Å². The smallest absolute Gasteiger partial charge is 0.222 e. The van der Waals surface area contributed by atoms with Crippen molar-refractivity contribution in [3.8, 4) is 22.5 Å².